The zero-order valence-corrected chi connectivity index (χ0v) is 22.1. The first-order chi connectivity index (χ1) is 12.0. The van der Waals surface area contributed by atoms with Crippen LogP contribution >= 0.6 is 24.8 Å². The van der Waals surface area contributed by atoms with Gasteiger partial charge in [0.2, 0.25) is 0 Å². The average molecular weight is 479 g/mol. The minimum absolute atomic E-state index is 0. The summed E-state index contributed by atoms with van der Waals surface area (Å²) in [5.74, 6) is 0. The van der Waals surface area contributed by atoms with Crippen molar-refractivity contribution in [1.29, 1.82) is 0 Å². The SMILES string of the molecule is C[O][Ti]([CH3])(=[SiH2])([CH2]CO)([NH]C(C)(C)C)[CH]1c2ccccc2-c2ccccc21.Cl.Cl. The van der Waals surface area contributed by atoms with Crippen molar-refractivity contribution in [2.75, 3.05) is 13.7 Å². The van der Waals surface area contributed by atoms with E-state index in [1.807, 2.05) is 14.7 Å². The van der Waals surface area contributed by atoms with Crippen LogP contribution in [0.2, 0.25) is 9.95 Å². The summed E-state index contributed by atoms with van der Waals surface area (Å²) in [5.41, 5.74) is 5.10. The van der Waals surface area contributed by atoms with Crippen molar-refractivity contribution >= 4 is 32.4 Å². The molecule has 2 aromatic carbocycles. The van der Waals surface area contributed by atoms with Crippen LogP contribution in [0.3, 0.4) is 0 Å². The molecule has 0 bridgehead atoms. The minimum atomic E-state index is -4.46. The first kappa shape index (κ1) is 25.9. The summed E-state index contributed by atoms with van der Waals surface area (Å²) in [6.07, 6.45) is 0. The summed E-state index contributed by atoms with van der Waals surface area (Å²) >= 11 is -4.46. The molecule has 1 aliphatic carbocycles. The molecule has 0 aromatic heterocycles. The van der Waals surface area contributed by atoms with E-state index in [-0.39, 0.29) is 41.2 Å². The molecule has 3 rings (SSSR count). The maximum atomic E-state index is 10.1. The standard InChI is InChI=1S/C13H9.C4H10N.C2H5O.CH3O.CH3.2ClH.H2Si.Ti/c1-3-7-12-10(5-1)9-11-6-2-4-8-13(11)12;1-4(2,3)5;1-2-3;1-2;;;;;/h1-9H;5H,1-3H3;3H,1-2H2;1H3;1H3;2*1H;1H2;/q;-1;;-1;;;;;+2. The van der Waals surface area contributed by atoms with Gasteiger partial charge in [-0.25, -0.2) is 0 Å². The molecule has 0 heterocycles. The molecule has 0 amide bonds. The molecule has 2 aromatic rings. The number of fused-ring (bicyclic) bond motifs is 3. The second kappa shape index (κ2) is 7.83. The van der Waals surface area contributed by atoms with Crippen LogP contribution in [-0.4, -0.2) is 32.0 Å². The minimum Gasteiger partial charge on any atom is -0.147 e. The van der Waals surface area contributed by atoms with E-state index in [4.69, 9.17) is 3.32 Å². The molecular weight excluding hydrogens is 445 g/mol. The van der Waals surface area contributed by atoms with Crippen LogP contribution in [0.25, 0.3) is 11.1 Å². The van der Waals surface area contributed by atoms with Crippen molar-refractivity contribution < 1.29 is 21.8 Å². The summed E-state index contributed by atoms with van der Waals surface area (Å²) in [4.78, 5) is 0. The quantitative estimate of drug-likeness (QED) is 0.612. The van der Waals surface area contributed by atoms with Gasteiger partial charge in [-0.2, -0.15) is 0 Å². The third kappa shape index (κ3) is 4.03. The Labute approximate surface area is 182 Å². The van der Waals surface area contributed by atoms with E-state index in [1.165, 1.54) is 22.3 Å². The molecule has 2 N–H and O–H groups in total. The number of benzene rings is 2. The van der Waals surface area contributed by atoms with E-state index in [0.29, 0.717) is 4.73 Å². The molecule has 0 aliphatic heterocycles. The molecule has 0 saturated heterocycles. The third-order valence-corrected chi connectivity index (χ3v) is 22.8. The summed E-state index contributed by atoms with van der Waals surface area (Å²) in [6, 6.07) is 17.3. The third-order valence-electron chi connectivity index (χ3n) is 6.22. The van der Waals surface area contributed by atoms with Gasteiger partial charge < -0.3 is 0 Å². The van der Waals surface area contributed by atoms with Crippen molar-refractivity contribution in [3.8, 4) is 11.1 Å². The maximum absolute atomic E-state index is 10.1. The number of halogens is 2. The monoisotopic (exact) mass is 478 g/mol. The van der Waals surface area contributed by atoms with Crippen LogP contribution in [0, 0.1) is 0 Å². The molecule has 0 unspecified atom stereocenters. The Balaban J connectivity index is 0.00000196. The van der Waals surface area contributed by atoms with Crippen LogP contribution in [0.5, 0.6) is 0 Å². The number of nitrogens with one attached hydrogen (secondary N) is 1. The summed E-state index contributed by atoms with van der Waals surface area (Å²) in [6.45, 7) is 6.69. The maximum Gasteiger partial charge on any atom is -0.147 e. The predicted octanol–water partition coefficient (Wildman–Crippen LogP) is 4.70. The van der Waals surface area contributed by atoms with Gasteiger partial charge in [0.15, 0.2) is 0 Å². The summed E-state index contributed by atoms with van der Waals surface area (Å²) < 4.78 is 11.5. The first-order valence-electron chi connectivity index (χ1n) is 9.41. The Kier molecular flexibility index (Phi) is 7.23. The van der Waals surface area contributed by atoms with Crippen LogP contribution < -0.4 is 3.80 Å². The van der Waals surface area contributed by atoms with Gasteiger partial charge in [0.05, 0.1) is 0 Å². The van der Waals surface area contributed by atoms with Crippen molar-refractivity contribution in [1.82, 2.24) is 3.80 Å². The Bertz CT molecular complexity index is 914. The number of aliphatic hydroxyl groups excluding tert-OH is 1. The number of hydrogen-bond donors (Lipinski definition) is 2. The first-order valence-corrected chi connectivity index (χ1v) is 18.4. The van der Waals surface area contributed by atoms with E-state index >= 15 is 0 Å². The van der Waals surface area contributed by atoms with E-state index in [9.17, 15) is 5.11 Å². The molecule has 7 heteroatoms. The van der Waals surface area contributed by atoms with Crippen molar-refractivity contribution in [2.24, 2.45) is 0 Å². The molecule has 0 radical (unpaired) electrons. The fourth-order valence-corrected chi connectivity index (χ4v) is 20.9. The Hall–Kier alpha value is -0.169. The molecule has 3 nitrogen and oxygen atoms in total. The van der Waals surface area contributed by atoms with Gasteiger partial charge in [-0.3, -0.25) is 0 Å². The normalized spacial score (nSPS) is 16.1. The number of rotatable bonds is 5. The van der Waals surface area contributed by atoms with Crippen molar-refractivity contribution in [3.05, 3.63) is 59.7 Å². The largest absolute Gasteiger partial charge is 0.147 e. The van der Waals surface area contributed by atoms with Crippen molar-refractivity contribution in [2.45, 2.75) is 40.5 Å². The topological polar surface area (TPSA) is 41.5 Å². The van der Waals surface area contributed by atoms with Crippen LogP contribution in [0.15, 0.2) is 48.5 Å². The van der Waals surface area contributed by atoms with Gasteiger partial charge >= 0.3 is 158 Å². The zero-order chi connectivity index (χ0) is 19.3. The molecule has 28 heavy (non-hydrogen) atoms. The average Bonchev–Trinajstić information content (AvgIpc) is 2.89. The second-order valence-corrected chi connectivity index (χ2v) is 31.5. The van der Waals surface area contributed by atoms with Crippen LogP contribution in [-0.2, 0) is 16.7 Å². The second-order valence-electron chi connectivity index (χ2n) is 9.77. The number of aliphatic hydroxyl groups is 1. The molecule has 1 aliphatic rings. The van der Waals surface area contributed by atoms with Gasteiger partial charge in [0, 0.05) is 0 Å². The number of hydrogen-bond acceptors (Lipinski definition) is 3. The summed E-state index contributed by atoms with van der Waals surface area (Å²) in [5, 5.41) is 12.5. The molecular formula is C21H34Cl2NO2SiTi. The Morgan fingerprint density at radius 3 is 1.79 bits per heavy atom. The van der Waals surface area contributed by atoms with Gasteiger partial charge in [0.1, 0.15) is 0 Å². The van der Waals surface area contributed by atoms with E-state index < -0.39 is 13.4 Å². The molecule has 0 atom stereocenters. The van der Waals surface area contributed by atoms with Crippen LogP contribution in [0.1, 0.15) is 36.1 Å². The van der Waals surface area contributed by atoms with Gasteiger partial charge in [-0.05, 0) is 0 Å². The van der Waals surface area contributed by atoms with Crippen molar-refractivity contribution in [3.63, 3.8) is 0 Å². The van der Waals surface area contributed by atoms with Crippen LogP contribution in [0.4, 0.5) is 0 Å². The van der Waals surface area contributed by atoms with E-state index in [0.717, 1.165) is 0 Å². The van der Waals surface area contributed by atoms with Gasteiger partial charge in [-0.1, -0.05) is 0 Å². The fourth-order valence-electron chi connectivity index (χ4n) is 5.37. The fraction of sp³-hybridized carbons (Fsp3) is 0.429. The zero-order valence-electron chi connectivity index (χ0n) is 17.5. The van der Waals surface area contributed by atoms with E-state index in [2.05, 4.69) is 78.3 Å². The molecule has 0 fully saturated rings. The predicted molar refractivity (Wildman–Crippen MR) is 124 cm³/mol. The van der Waals surface area contributed by atoms with E-state index in [1.54, 1.807) is 0 Å². The summed E-state index contributed by atoms with van der Waals surface area (Å²) in [7, 11) is 3.87. The Morgan fingerprint density at radius 1 is 1.00 bits per heavy atom. The van der Waals surface area contributed by atoms with Gasteiger partial charge in [0.25, 0.3) is 0 Å². The molecule has 0 saturated carbocycles. The smallest absolute Gasteiger partial charge is 0.147 e. The molecule has 0 spiro atoms. The van der Waals surface area contributed by atoms with Gasteiger partial charge in [-0.15, -0.1) is 24.8 Å². The Morgan fingerprint density at radius 2 is 1.43 bits per heavy atom. The molecule has 157 valence electrons.